The van der Waals surface area contributed by atoms with Crippen LogP contribution < -0.4 is 4.90 Å². The van der Waals surface area contributed by atoms with Crippen molar-refractivity contribution in [3.8, 4) is 0 Å². The third-order valence-corrected chi connectivity index (χ3v) is 9.22. The number of nitrogens with zero attached hydrogens (tertiary/aromatic N) is 2. The Morgan fingerprint density at radius 3 is 2.61 bits per heavy atom. The van der Waals surface area contributed by atoms with E-state index < -0.39 is 14.3 Å². The number of carboxylic acid groups (broad SMARTS) is 1. The van der Waals surface area contributed by atoms with Crippen LogP contribution in [0, 0.1) is 0 Å². The fourth-order valence-corrected chi connectivity index (χ4v) is 3.72. The minimum Gasteiger partial charge on any atom is -0.477 e. The fraction of sp³-hybridized carbons (Fsp3) is 0.625. The van der Waals surface area contributed by atoms with E-state index in [9.17, 15) is 4.79 Å². The number of aromatic nitrogens is 1. The number of carbonyl (C=O) groups is 1. The van der Waals surface area contributed by atoms with Gasteiger partial charge in [-0.25, -0.2) is 9.78 Å². The highest BCUT2D eigenvalue weighted by molar-refractivity contribution is 7.59. The summed E-state index contributed by atoms with van der Waals surface area (Å²) >= 11 is 0. The molecule has 130 valence electrons. The van der Waals surface area contributed by atoms with Crippen LogP contribution >= 0.6 is 13.5 Å². The molecule has 7 heteroatoms. The quantitative estimate of drug-likeness (QED) is 0.837. The third-order valence-electron chi connectivity index (χ3n) is 4.69. The molecule has 1 aliphatic heterocycles. The van der Waals surface area contributed by atoms with Crippen molar-refractivity contribution in [2.45, 2.75) is 51.4 Å². The number of aromatic carboxylic acids is 1. The number of carboxylic acids is 1. The zero-order valence-corrected chi connectivity index (χ0v) is 16.6. The van der Waals surface area contributed by atoms with Crippen molar-refractivity contribution >= 4 is 33.6 Å². The first kappa shape index (κ1) is 20.0. The molecule has 5 nitrogen and oxygen atoms in total. The summed E-state index contributed by atoms with van der Waals surface area (Å²) in [4.78, 5) is 17.4. The highest BCUT2D eigenvalue weighted by Gasteiger charge is 2.40. The average molecular weight is 357 g/mol. The molecule has 0 aliphatic carbocycles. The lowest BCUT2D eigenvalue weighted by atomic mass is 10.2. The first-order chi connectivity index (χ1) is 10.1. The Hall–Kier alpha value is -1.05. The standard InChI is InChI=1S/C16H26N2O3Si.H2S/c1-16(2,3)22(4,5)21-12-9-10-18(11-12)14-8-6-7-13(17-14)15(19)20;/h6-8,12H,9-11H2,1-5H3,(H,19,20);1H2/t12-;/m0./s1. The van der Waals surface area contributed by atoms with E-state index in [4.69, 9.17) is 9.53 Å². The molecule has 0 unspecified atom stereocenters. The van der Waals surface area contributed by atoms with Gasteiger partial charge in [0.25, 0.3) is 0 Å². The maximum absolute atomic E-state index is 11.0. The van der Waals surface area contributed by atoms with E-state index in [-0.39, 0.29) is 30.3 Å². The normalized spacial score (nSPS) is 18.7. The molecule has 23 heavy (non-hydrogen) atoms. The number of rotatable bonds is 4. The van der Waals surface area contributed by atoms with Gasteiger partial charge in [-0.05, 0) is 36.7 Å². The van der Waals surface area contributed by atoms with Crippen LogP contribution in [0.5, 0.6) is 0 Å². The topological polar surface area (TPSA) is 62.7 Å². The molecule has 1 fully saturated rings. The van der Waals surface area contributed by atoms with Gasteiger partial charge in [-0.2, -0.15) is 13.5 Å². The Morgan fingerprint density at radius 1 is 1.39 bits per heavy atom. The van der Waals surface area contributed by atoms with Gasteiger partial charge < -0.3 is 14.4 Å². The molecule has 0 bridgehead atoms. The second kappa shape index (κ2) is 7.23. The van der Waals surface area contributed by atoms with E-state index in [1.165, 1.54) is 6.07 Å². The predicted octanol–water partition coefficient (Wildman–Crippen LogP) is 3.49. The van der Waals surface area contributed by atoms with Crippen LogP contribution in [-0.2, 0) is 4.43 Å². The van der Waals surface area contributed by atoms with Gasteiger partial charge in [-0.3, -0.25) is 0 Å². The van der Waals surface area contributed by atoms with Gasteiger partial charge in [0.15, 0.2) is 14.0 Å². The van der Waals surface area contributed by atoms with Crippen LogP contribution in [0.2, 0.25) is 18.1 Å². The van der Waals surface area contributed by atoms with Gasteiger partial charge in [0.2, 0.25) is 0 Å². The third kappa shape index (κ3) is 4.71. The van der Waals surface area contributed by atoms with Gasteiger partial charge in [0.05, 0.1) is 6.10 Å². The van der Waals surface area contributed by atoms with Gasteiger partial charge in [-0.1, -0.05) is 26.8 Å². The predicted molar refractivity (Wildman–Crippen MR) is 100 cm³/mol. The maximum Gasteiger partial charge on any atom is 0.354 e. The highest BCUT2D eigenvalue weighted by atomic mass is 32.1. The van der Waals surface area contributed by atoms with Crippen molar-refractivity contribution < 1.29 is 14.3 Å². The van der Waals surface area contributed by atoms with Crippen LogP contribution in [-0.4, -0.2) is 43.6 Å². The molecule has 0 aromatic carbocycles. The lowest BCUT2D eigenvalue weighted by Gasteiger charge is -2.38. The maximum atomic E-state index is 11.0. The van der Waals surface area contributed by atoms with E-state index in [0.717, 1.165) is 25.3 Å². The van der Waals surface area contributed by atoms with Crippen molar-refractivity contribution in [3.63, 3.8) is 0 Å². The van der Waals surface area contributed by atoms with Gasteiger partial charge in [0, 0.05) is 13.1 Å². The lowest BCUT2D eigenvalue weighted by Crippen LogP contribution is -2.44. The van der Waals surface area contributed by atoms with Crippen molar-refractivity contribution in [3.05, 3.63) is 23.9 Å². The van der Waals surface area contributed by atoms with E-state index in [0.29, 0.717) is 0 Å². The second-order valence-electron chi connectivity index (χ2n) is 7.42. The van der Waals surface area contributed by atoms with Crippen molar-refractivity contribution in [1.82, 2.24) is 4.98 Å². The SMILES string of the molecule is CC(C)(C)[Si](C)(C)O[C@H]1CCN(c2cccc(C(=O)O)n2)C1.S. The van der Waals surface area contributed by atoms with E-state index in [1.54, 1.807) is 6.07 Å². The Kier molecular flexibility index (Phi) is 6.29. The molecule has 1 aromatic heterocycles. The van der Waals surface area contributed by atoms with E-state index in [2.05, 4.69) is 43.7 Å². The molecule has 0 radical (unpaired) electrons. The second-order valence-corrected chi connectivity index (χ2v) is 12.2. The zero-order chi connectivity index (χ0) is 16.5. The first-order valence-electron chi connectivity index (χ1n) is 7.73. The number of hydrogen-bond donors (Lipinski definition) is 1. The summed E-state index contributed by atoms with van der Waals surface area (Å²) in [5.41, 5.74) is 0.0891. The van der Waals surface area contributed by atoms with Gasteiger partial charge in [0.1, 0.15) is 5.82 Å². The molecule has 0 amide bonds. The molecule has 2 heterocycles. The highest BCUT2D eigenvalue weighted by Crippen LogP contribution is 2.38. The summed E-state index contributed by atoms with van der Waals surface area (Å²) in [6, 6.07) is 5.13. The van der Waals surface area contributed by atoms with Gasteiger partial charge >= 0.3 is 5.97 Å². The smallest absolute Gasteiger partial charge is 0.354 e. The fourth-order valence-electron chi connectivity index (χ4n) is 2.34. The van der Waals surface area contributed by atoms with Crippen LogP contribution in [0.4, 0.5) is 5.82 Å². The monoisotopic (exact) mass is 356 g/mol. The van der Waals surface area contributed by atoms with E-state index >= 15 is 0 Å². The summed E-state index contributed by atoms with van der Waals surface area (Å²) in [6.45, 7) is 12.9. The number of anilines is 1. The van der Waals surface area contributed by atoms with Crippen molar-refractivity contribution in [2.75, 3.05) is 18.0 Å². The molecule has 0 spiro atoms. The molecule has 1 saturated heterocycles. The molecular weight excluding hydrogens is 328 g/mol. The van der Waals surface area contributed by atoms with Crippen LogP contribution in [0.15, 0.2) is 18.2 Å². The molecule has 0 saturated carbocycles. The van der Waals surface area contributed by atoms with Crippen LogP contribution in [0.25, 0.3) is 0 Å². The Labute approximate surface area is 146 Å². The number of pyridine rings is 1. The Balaban J connectivity index is 0.00000264. The van der Waals surface area contributed by atoms with Crippen LogP contribution in [0.1, 0.15) is 37.7 Å². The Morgan fingerprint density at radius 2 is 2.04 bits per heavy atom. The summed E-state index contributed by atoms with van der Waals surface area (Å²) < 4.78 is 6.45. The average Bonchev–Trinajstić information content (AvgIpc) is 2.85. The summed E-state index contributed by atoms with van der Waals surface area (Å²) in [6.07, 6.45) is 1.17. The summed E-state index contributed by atoms with van der Waals surface area (Å²) in [5, 5.41) is 9.24. The van der Waals surface area contributed by atoms with E-state index in [1.807, 2.05) is 6.07 Å². The molecular formula is C16H28N2O3SSi. The first-order valence-corrected chi connectivity index (χ1v) is 10.6. The molecule has 1 atom stereocenters. The Bertz CT molecular complexity index is 561. The van der Waals surface area contributed by atoms with Crippen molar-refractivity contribution in [2.24, 2.45) is 0 Å². The lowest BCUT2D eigenvalue weighted by molar-refractivity contribution is 0.0690. The summed E-state index contributed by atoms with van der Waals surface area (Å²) in [5.74, 6) is -0.267. The molecule has 1 N–H and O–H groups in total. The minimum atomic E-state index is -1.77. The van der Waals surface area contributed by atoms with Crippen LogP contribution in [0.3, 0.4) is 0 Å². The molecule has 1 aromatic rings. The number of hydrogen-bond acceptors (Lipinski definition) is 4. The largest absolute Gasteiger partial charge is 0.477 e. The minimum absolute atomic E-state index is 0. The van der Waals surface area contributed by atoms with Crippen molar-refractivity contribution in [1.29, 1.82) is 0 Å². The molecule has 2 rings (SSSR count). The van der Waals surface area contributed by atoms with Gasteiger partial charge in [-0.15, -0.1) is 0 Å². The molecule has 1 aliphatic rings. The summed E-state index contributed by atoms with van der Waals surface area (Å²) in [7, 11) is -1.77. The zero-order valence-electron chi connectivity index (χ0n) is 14.6.